The molecule has 0 spiro atoms. The number of amides is 1. The Morgan fingerprint density at radius 3 is 2.11 bits per heavy atom. The molecular weight excluding hydrogens is 360 g/mol. The summed E-state index contributed by atoms with van der Waals surface area (Å²) >= 11 is 0. The Morgan fingerprint density at radius 1 is 1.07 bits per heavy atom. The molecule has 1 fully saturated rings. The molecule has 1 atom stereocenters. The lowest BCUT2D eigenvalue weighted by molar-refractivity contribution is -0.137. The predicted octanol–water partition coefficient (Wildman–Crippen LogP) is 3.65. The van der Waals surface area contributed by atoms with Gasteiger partial charge in [0.15, 0.2) is 9.84 Å². The third-order valence-corrected chi connectivity index (χ3v) is 6.78. The first-order valence-corrected chi connectivity index (χ1v) is 11.8. The maximum atomic E-state index is 13.0. The second-order valence-electron chi connectivity index (χ2n) is 8.12. The average molecular weight is 395 g/mol. The Kier molecular flexibility index (Phi) is 7.46. The highest BCUT2D eigenvalue weighted by atomic mass is 32.2. The Hall–Kier alpha value is -1.40. The Bertz CT molecular complexity index is 722. The van der Waals surface area contributed by atoms with E-state index in [0.29, 0.717) is 17.5 Å². The fourth-order valence-corrected chi connectivity index (χ4v) is 4.58. The Labute approximate surface area is 164 Å². The number of rotatable bonds is 7. The molecule has 1 amide bonds. The Balaban J connectivity index is 2.05. The molecule has 5 nitrogen and oxygen atoms in total. The summed E-state index contributed by atoms with van der Waals surface area (Å²) in [5.74, 6) is 0.180. The fourth-order valence-electron chi connectivity index (χ4n) is 3.95. The summed E-state index contributed by atoms with van der Waals surface area (Å²) in [7, 11) is -1.24. The van der Waals surface area contributed by atoms with Gasteiger partial charge in [0, 0.05) is 24.4 Å². The van der Waals surface area contributed by atoms with Gasteiger partial charge in [0.1, 0.15) is 0 Å². The van der Waals surface area contributed by atoms with E-state index in [2.05, 4.69) is 18.7 Å². The van der Waals surface area contributed by atoms with Crippen molar-refractivity contribution in [2.24, 2.45) is 0 Å². The monoisotopic (exact) mass is 394 g/mol. The summed E-state index contributed by atoms with van der Waals surface area (Å²) in [4.78, 5) is 17.5. The van der Waals surface area contributed by atoms with E-state index in [4.69, 9.17) is 0 Å². The number of carbonyl (C=O) groups is 1. The van der Waals surface area contributed by atoms with Crippen LogP contribution in [0.15, 0.2) is 29.2 Å². The zero-order chi connectivity index (χ0) is 20.2. The van der Waals surface area contributed by atoms with Crippen LogP contribution < -0.4 is 0 Å². The van der Waals surface area contributed by atoms with Crippen molar-refractivity contribution >= 4 is 15.7 Å². The van der Waals surface area contributed by atoms with Crippen LogP contribution in [0.5, 0.6) is 0 Å². The van der Waals surface area contributed by atoms with Crippen molar-refractivity contribution in [2.45, 2.75) is 75.9 Å². The zero-order valence-electron chi connectivity index (χ0n) is 17.3. The van der Waals surface area contributed by atoms with Gasteiger partial charge in [-0.3, -0.25) is 9.69 Å². The van der Waals surface area contributed by atoms with Gasteiger partial charge in [-0.05, 0) is 58.4 Å². The molecule has 1 aromatic carbocycles. The molecule has 0 aromatic heterocycles. The predicted molar refractivity (Wildman–Crippen MR) is 109 cm³/mol. The molecular formula is C21H34N2O3S. The number of sulfone groups is 1. The minimum absolute atomic E-state index is 0.0305. The van der Waals surface area contributed by atoms with Gasteiger partial charge in [0.2, 0.25) is 5.91 Å². The van der Waals surface area contributed by atoms with Crippen molar-refractivity contribution in [1.29, 1.82) is 0 Å². The highest BCUT2D eigenvalue weighted by molar-refractivity contribution is 7.90. The summed E-state index contributed by atoms with van der Waals surface area (Å²) in [5, 5.41) is 0. The lowest BCUT2D eigenvalue weighted by Gasteiger charge is -2.39. The summed E-state index contributed by atoms with van der Waals surface area (Å²) in [6.07, 6.45) is 7.12. The van der Waals surface area contributed by atoms with E-state index < -0.39 is 9.84 Å². The normalized spacial score (nSPS) is 17.3. The second-order valence-corrected chi connectivity index (χ2v) is 10.1. The molecule has 1 aromatic rings. The van der Waals surface area contributed by atoms with Gasteiger partial charge in [0.05, 0.1) is 11.4 Å². The van der Waals surface area contributed by atoms with Crippen LogP contribution in [-0.2, 0) is 14.6 Å². The van der Waals surface area contributed by atoms with Gasteiger partial charge in [-0.15, -0.1) is 0 Å². The highest BCUT2D eigenvalue weighted by Gasteiger charge is 2.28. The van der Waals surface area contributed by atoms with Gasteiger partial charge < -0.3 is 4.90 Å². The fraction of sp³-hybridized carbons (Fsp3) is 0.667. The summed E-state index contributed by atoms with van der Waals surface area (Å²) in [6.45, 7) is 6.60. The molecule has 1 aliphatic carbocycles. The van der Waals surface area contributed by atoms with Crippen LogP contribution in [0, 0.1) is 0 Å². The van der Waals surface area contributed by atoms with Crippen LogP contribution in [0.1, 0.15) is 64.5 Å². The molecule has 1 saturated carbocycles. The lowest BCUT2D eigenvalue weighted by Crippen LogP contribution is -2.49. The van der Waals surface area contributed by atoms with E-state index in [1.165, 1.54) is 25.5 Å². The average Bonchev–Trinajstić information content (AvgIpc) is 2.61. The summed E-state index contributed by atoms with van der Waals surface area (Å²) < 4.78 is 23.2. The second kappa shape index (κ2) is 9.20. The van der Waals surface area contributed by atoms with Crippen LogP contribution in [0.4, 0.5) is 0 Å². The van der Waals surface area contributed by atoms with Crippen LogP contribution >= 0.6 is 0 Å². The Morgan fingerprint density at radius 2 is 1.63 bits per heavy atom. The quantitative estimate of drug-likeness (QED) is 0.708. The molecule has 2 rings (SSSR count). The van der Waals surface area contributed by atoms with Crippen LogP contribution in [0.2, 0.25) is 0 Å². The SMILES string of the molecule is CC(c1ccc(S(C)(=O)=O)cc1)N(C)CC(=O)N(C(C)C)C1CCCCC1. The molecule has 0 radical (unpaired) electrons. The number of hydrogen-bond acceptors (Lipinski definition) is 4. The molecule has 1 unspecified atom stereocenters. The molecule has 152 valence electrons. The van der Waals surface area contributed by atoms with Crippen molar-refractivity contribution in [1.82, 2.24) is 9.80 Å². The first-order valence-electron chi connectivity index (χ1n) is 9.92. The van der Waals surface area contributed by atoms with Crippen molar-refractivity contribution in [2.75, 3.05) is 19.8 Å². The van der Waals surface area contributed by atoms with E-state index in [1.807, 2.05) is 31.0 Å². The van der Waals surface area contributed by atoms with Crippen molar-refractivity contribution in [3.05, 3.63) is 29.8 Å². The first kappa shape index (κ1) is 21.9. The number of hydrogen-bond donors (Lipinski definition) is 0. The minimum atomic E-state index is -3.19. The summed E-state index contributed by atoms with van der Waals surface area (Å²) in [5.41, 5.74) is 1.01. The maximum absolute atomic E-state index is 13.0. The molecule has 27 heavy (non-hydrogen) atoms. The molecule has 6 heteroatoms. The van der Waals surface area contributed by atoms with Gasteiger partial charge in [0.25, 0.3) is 0 Å². The van der Waals surface area contributed by atoms with Gasteiger partial charge in [-0.2, -0.15) is 0 Å². The van der Waals surface area contributed by atoms with Crippen molar-refractivity contribution in [3.8, 4) is 0 Å². The highest BCUT2D eigenvalue weighted by Crippen LogP contribution is 2.26. The molecule has 1 aliphatic rings. The number of likely N-dealkylation sites (N-methyl/N-ethyl adjacent to an activating group) is 1. The standard InChI is InChI=1S/C21H34N2O3S/c1-16(2)23(19-9-7-6-8-10-19)21(24)15-22(4)17(3)18-11-13-20(14-12-18)27(5,25)26/h11-14,16-17,19H,6-10,15H2,1-5H3. The number of benzene rings is 1. The maximum Gasteiger partial charge on any atom is 0.237 e. The molecule has 0 aliphatic heterocycles. The largest absolute Gasteiger partial charge is 0.336 e. The molecule has 0 bridgehead atoms. The lowest BCUT2D eigenvalue weighted by atomic mass is 9.93. The third kappa shape index (κ3) is 5.79. The molecule has 0 heterocycles. The number of nitrogens with zero attached hydrogens (tertiary/aromatic N) is 2. The van der Waals surface area contributed by atoms with E-state index in [1.54, 1.807) is 12.1 Å². The van der Waals surface area contributed by atoms with Gasteiger partial charge in [-0.25, -0.2) is 8.42 Å². The number of carbonyl (C=O) groups excluding carboxylic acids is 1. The van der Waals surface area contributed by atoms with Crippen molar-refractivity contribution < 1.29 is 13.2 Å². The van der Waals surface area contributed by atoms with E-state index >= 15 is 0 Å². The van der Waals surface area contributed by atoms with Crippen LogP contribution in [0.3, 0.4) is 0 Å². The minimum Gasteiger partial charge on any atom is -0.336 e. The van der Waals surface area contributed by atoms with E-state index in [0.717, 1.165) is 18.4 Å². The van der Waals surface area contributed by atoms with Gasteiger partial charge in [-0.1, -0.05) is 31.4 Å². The topological polar surface area (TPSA) is 57.7 Å². The van der Waals surface area contributed by atoms with Crippen LogP contribution in [-0.4, -0.2) is 56.1 Å². The summed E-state index contributed by atoms with van der Waals surface area (Å²) in [6, 6.07) is 7.55. The third-order valence-electron chi connectivity index (χ3n) is 5.65. The molecule has 0 saturated heterocycles. The first-order chi connectivity index (χ1) is 12.6. The van der Waals surface area contributed by atoms with Crippen LogP contribution in [0.25, 0.3) is 0 Å². The van der Waals surface area contributed by atoms with E-state index in [9.17, 15) is 13.2 Å². The van der Waals surface area contributed by atoms with Crippen molar-refractivity contribution in [3.63, 3.8) is 0 Å². The van der Waals surface area contributed by atoms with E-state index in [-0.39, 0.29) is 18.0 Å². The smallest absolute Gasteiger partial charge is 0.237 e. The molecule has 0 N–H and O–H groups in total. The van der Waals surface area contributed by atoms with Gasteiger partial charge >= 0.3 is 0 Å². The zero-order valence-corrected chi connectivity index (χ0v) is 18.1.